The second-order valence-electron chi connectivity index (χ2n) is 5.43. The topological polar surface area (TPSA) is 74.0 Å². The molecule has 1 atom stereocenters. The zero-order valence-electron chi connectivity index (χ0n) is 11.6. The van der Waals surface area contributed by atoms with Crippen molar-refractivity contribution in [2.45, 2.75) is 32.2 Å². The molecule has 0 saturated carbocycles. The van der Waals surface area contributed by atoms with Crippen molar-refractivity contribution in [1.29, 1.82) is 0 Å². The van der Waals surface area contributed by atoms with Gasteiger partial charge in [0.05, 0.1) is 0 Å². The summed E-state index contributed by atoms with van der Waals surface area (Å²) in [6.45, 7) is 2.09. The molecule has 0 aliphatic heterocycles. The van der Waals surface area contributed by atoms with E-state index in [4.69, 9.17) is 11.5 Å². The molecular formula is C16H19N3O. The minimum atomic E-state index is -0.398. The van der Waals surface area contributed by atoms with Crippen LogP contribution in [-0.4, -0.2) is 10.5 Å². The summed E-state index contributed by atoms with van der Waals surface area (Å²) in [5.74, 6) is -0.398. The van der Waals surface area contributed by atoms with Crippen molar-refractivity contribution < 1.29 is 4.79 Å². The lowest BCUT2D eigenvalue weighted by atomic mass is 9.93. The number of nitrogens with two attached hydrogens (primary N) is 2. The molecule has 3 rings (SSSR count). The maximum absolute atomic E-state index is 11.1. The number of benzene rings is 1. The van der Waals surface area contributed by atoms with Gasteiger partial charge >= 0.3 is 0 Å². The lowest BCUT2D eigenvalue weighted by molar-refractivity contribution is 0.100. The lowest BCUT2D eigenvalue weighted by Crippen LogP contribution is -2.18. The van der Waals surface area contributed by atoms with E-state index in [1.165, 1.54) is 17.0 Å². The van der Waals surface area contributed by atoms with Crippen LogP contribution in [0.3, 0.4) is 0 Å². The van der Waals surface area contributed by atoms with E-state index in [0.717, 1.165) is 24.9 Å². The Hall–Kier alpha value is -2.07. The molecule has 1 heterocycles. The highest BCUT2D eigenvalue weighted by molar-refractivity contribution is 5.92. The van der Waals surface area contributed by atoms with Gasteiger partial charge in [-0.1, -0.05) is 0 Å². The Morgan fingerprint density at radius 1 is 1.30 bits per heavy atom. The van der Waals surface area contributed by atoms with Crippen molar-refractivity contribution in [2.75, 3.05) is 0 Å². The third-order valence-electron chi connectivity index (χ3n) is 4.06. The van der Waals surface area contributed by atoms with Crippen molar-refractivity contribution in [2.24, 2.45) is 11.5 Å². The third kappa shape index (κ3) is 2.02. The van der Waals surface area contributed by atoms with E-state index in [2.05, 4.69) is 17.6 Å². The summed E-state index contributed by atoms with van der Waals surface area (Å²) in [5, 5.41) is 0. The molecule has 4 heteroatoms. The highest BCUT2D eigenvalue weighted by Crippen LogP contribution is 2.32. The summed E-state index contributed by atoms with van der Waals surface area (Å²) >= 11 is 0. The highest BCUT2D eigenvalue weighted by Gasteiger charge is 2.22. The SMILES string of the molecule is Cc1cc2c(n1-c1ccc(C(N)=O)cc1)CCCC2N. The highest BCUT2D eigenvalue weighted by atomic mass is 16.1. The standard InChI is InChI=1S/C16H19N3O/c1-10-9-13-14(17)3-2-4-15(13)19(10)12-7-5-11(6-8-12)16(18)20/h5-9,14H,2-4,17H2,1H3,(H2,18,20). The first-order chi connectivity index (χ1) is 9.58. The van der Waals surface area contributed by atoms with Crippen molar-refractivity contribution in [3.63, 3.8) is 0 Å². The summed E-state index contributed by atoms with van der Waals surface area (Å²) in [7, 11) is 0. The van der Waals surface area contributed by atoms with Gasteiger partial charge in [0.25, 0.3) is 0 Å². The molecule has 20 heavy (non-hydrogen) atoms. The summed E-state index contributed by atoms with van der Waals surface area (Å²) in [5.41, 5.74) is 16.8. The van der Waals surface area contributed by atoms with Gasteiger partial charge < -0.3 is 16.0 Å². The first kappa shape index (κ1) is 12.9. The molecule has 104 valence electrons. The monoisotopic (exact) mass is 269 g/mol. The molecule has 1 aliphatic rings. The van der Waals surface area contributed by atoms with Gasteiger partial charge in [-0.25, -0.2) is 0 Å². The molecule has 4 N–H and O–H groups in total. The van der Waals surface area contributed by atoms with Crippen molar-refractivity contribution in [1.82, 2.24) is 4.57 Å². The number of fused-ring (bicyclic) bond motifs is 1. The predicted octanol–water partition coefficient (Wildman–Crippen LogP) is 2.22. The van der Waals surface area contributed by atoms with E-state index in [0.29, 0.717) is 5.56 Å². The van der Waals surface area contributed by atoms with Crippen molar-refractivity contribution in [3.8, 4) is 5.69 Å². The Kier molecular flexibility index (Phi) is 3.10. The van der Waals surface area contributed by atoms with E-state index < -0.39 is 5.91 Å². The number of carbonyl (C=O) groups excluding carboxylic acids is 1. The molecule has 0 spiro atoms. The molecule has 0 radical (unpaired) electrons. The minimum Gasteiger partial charge on any atom is -0.366 e. The molecule has 4 nitrogen and oxygen atoms in total. The first-order valence-corrected chi connectivity index (χ1v) is 6.95. The summed E-state index contributed by atoms with van der Waals surface area (Å²) in [6.07, 6.45) is 3.22. The van der Waals surface area contributed by atoms with E-state index in [-0.39, 0.29) is 6.04 Å². The van der Waals surface area contributed by atoms with E-state index >= 15 is 0 Å². The quantitative estimate of drug-likeness (QED) is 0.877. The number of nitrogens with zero attached hydrogens (tertiary/aromatic N) is 1. The number of amides is 1. The normalized spacial score (nSPS) is 17.8. The number of hydrogen-bond donors (Lipinski definition) is 2. The van der Waals surface area contributed by atoms with Gasteiger partial charge in [0.15, 0.2) is 0 Å². The Morgan fingerprint density at radius 3 is 2.65 bits per heavy atom. The van der Waals surface area contributed by atoms with Crippen LogP contribution in [0.2, 0.25) is 0 Å². The molecule has 2 aromatic rings. The Morgan fingerprint density at radius 2 is 2.00 bits per heavy atom. The van der Waals surface area contributed by atoms with Crippen LogP contribution in [0.1, 0.15) is 46.2 Å². The van der Waals surface area contributed by atoms with Gasteiger partial charge in [-0.05, 0) is 62.1 Å². The second-order valence-corrected chi connectivity index (χ2v) is 5.43. The molecular weight excluding hydrogens is 250 g/mol. The summed E-state index contributed by atoms with van der Waals surface area (Å²) in [4.78, 5) is 11.1. The number of aromatic nitrogens is 1. The van der Waals surface area contributed by atoms with Crippen LogP contribution in [0.25, 0.3) is 5.69 Å². The number of aryl methyl sites for hydroxylation is 1. The minimum absolute atomic E-state index is 0.142. The molecule has 1 amide bonds. The average Bonchev–Trinajstić information content (AvgIpc) is 2.77. The maximum Gasteiger partial charge on any atom is 0.248 e. The number of primary amides is 1. The Balaban J connectivity index is 2.08. The zero-order chi connectivity index (χ0) is 14.3. The van der Waals surface area contributed by atoms with Crippen molar-refractivity contribution >= 4 is 5.91 Å². The van der Waals surface area contributed by atoms with Gasteiger partial charge in [0, 0.05) is 28.7 Å². The molecule has 0 bridgehead atoms. The second kappa shape index (κ2) is 4.80. The molecule has 0 saturated heterocycles. The molecule has 1 aromatic carbocycles. The van der Waals surface area contributed by atoms with E-state index in [1.54, 1.807) is 12.1 Å². The predicted molar refractivity (Wildman–Crippen MR) is 78.9 cm³/mol. The fourth-order valence-electron chi connectivity index (χ4n) is 3.07. The van der Waals surface area contributed by atoms with Crippen LogP contribution >= 0.6 is 0 Å². The van der Waals surface area contributed by atoms with Crippen molar-refractivity contribution in [3.05, 3.63) is 52.8 Å². The smallest absolute Gasteiger partial charge is 0.248 e. The summed E-state index contributed by atoms with van der Waals surface area (Å²) < 4.78 is 2.24. The number of hydrogen-bond acceptors (Lipinski definition) is 2. The van der Waals surface area contributed by atoms with Gasteiger partial charge in [-0.3, -0.25) is 4.79 Å². The summed E-state index contributed by atoms with van der Waals surface area (Å²) in [6, 6.07) is 9.74. The zero-order valence-corrected chi connectivity index (χ0v) is 11.6. The van der Waals surface area contributed by atoms with Crippen LogP contribution in [0, 0.1) is 6.92 Å². The first-order valence-electron chi connectivity index (χ1n) is 6.95. The van der Waals surface area contributed by atoms with E-state index in [9.17, 15) is 4.79 Å². The number of carbonyl (C=O) groups is 1. The molecule has 0 fully saturated rings. The van der Waals surface area contributed by atoms with E-state index in [1.807, 2.05) is 12.1 Å². The lowest BCUT2D eigenvalue weighted by Gasteiger charge is -2.21. The van der Waals surface area contributed by atoms with Gasteiger partial charge in [0.2, 0.25) is 5.91 Å². The van der Waals surface area contributed by atoms with Gasteiger partial charge in [0.1, 0.15) is 0 Å². The fourth-order valence-corrected chi connectivity index (χ4v) is 3.07. The average molecular weight is 269 g/mol. The van der Waals surface area contributed by atoms with Gasteiger partial charge in [-0.15, -0.1) is 0 Å². The fraction of sp³-hybridized carbons (Fsp3) is 0.312. The number of rotatable bonds is 2. The van der Waals surface area contributed by atoms with Crippen LogP contribution in [0.15, 0.2) is 30.3 Å². The Labute approximate surface area is 118 Å². The third-order valence-corrected chi connectivity index (χ3v) is 4.06. The van der Waals surface area contributed by atoms with Crippen LogP contribution in [0.5, 0.6) is 0 Å². The molecule has 1 aromatic heterocycles. The maximum atomic E-state index is 11.1. The van der Waals surface area contributed by atoms with Gasteiger partial charge in [-0.2, -0.15) is 0 Å². The largest absolute Gasteiger partial charge is 0.366 e. The Bertz CT molecular complexity index is 655. The molecule has 1 aliphatic carbocycles. The van der Waals surface area contributed by atoms with Crippen LogP contribution in [-0.2, 0) is 6.42 Å². The molecule has 1 unspecified atom stereocenters. The van der Waals surface area contributed by atoms with Crippen LogP contribution in [0.4, 0.5) is 0 Å². The van der Waals surface area contributed by atoms with Crippen LogP contribution < -0.4 is 11.5 Å².